The largest absolute Gasteiger partial charge is 0.379 e. The molecular formula is C18H30N2O. The Balaban J connectivity index is 2.15. The highest BCUT2D eigenvalue weighted by Crippen LogP contribution is 2.30. The molecule has 1 aromatic rings. The zero-order chi connectivity index (χ0) is 15.5. The maximum Gasteiger partial charge on any atom is 0.0594 e. The highest BCUT2D eigenvalue weighted by atomic mass is 16.5. The smallest absolute Gasteiger partial charge is 0.0594 e. The Hall–Kier alpha value is -0.900. The molecule has 0 saturated carbocycles. The van der Waals surface area contributed by atoms with Crippen molar-refractivity contribution in [2.45, 2.75) is 45.7 Å². The first-order chi connectivity index (χ1) is 9.91. The Labute approximate surface area is 129 Å². The van der Waals surface area contributed by atoms with Gasteiger partial charge in [-0.1, -0.05) is 38.1 Å². The van der Waals surface area contributed by atoms with Crippen LogP contribution in [-0.4, -0.2) is 36.7 Å². The lowest BCUT2D eigenvalue weighted by Gasteiger charge is -2.44. The van der Waals surface area contributed by atoms with Crippen LogP contribution in [0.5, 0.6) is 0 Å². The van der Waals surface area contributed by atoms with E-state index in [1.807, 2.05) is 0 Å². The molecule has 3 heteroatoms. The molecule has 1 aromatic carbocycles. The molecule has 0 aromatic heterocycles. The van der Waals surface area contributed by atoms with Crippen molar-refractivity contribution in [3.05, 3.63) is 35.4 Å². The van der Waals surface area contributed by atoms with Gasteiger partial charge in [0.2, 0.25) is 0 Å². The van der Waals surface area contributed by atoms with Gasteiger partial charge in [0.15, 0.2) is 0 Å². The lowest BCUT2D eigenvalue weighted by molar-refractivity contribution is -0.0190. The van der Waals surface area contributed by atoms with Crippen LogP contribution in [0.2, 0.25) is 0 Å². The van der Waals surface area contributed by atoms with E-state index in [1.165, 1.54) is 11.1 Å². The standard InChI is InChI=1S/C18H30N2O/c1-14(2)12-15-6-5-7-16(13-15)17(19)18(3,4)20-8-10-21-11-9-20/h5-7,13-14,17H,8-12,19H2,1-4H3. The number of rotatable bonds is 5. The van der Waals surface area contributed by atoms with E-state index in [1.54, 1.807) is 0 Å². The molecule has 2 N–H and O–H groups in total. The van der Waals surface area contributed by atoms with E-state index in [9.17, 15) is 0 Å². The van der Waals surface area contributed by atoms with Crippen molar-refractivity contribution >= 4 is 0 Å². The minimum atomic E-state index is -0.0553. The summed E-state index contributed by atoms with van der Waals surface area (Å²) in [7, 11) is 0. The van der Waals surface area contributed by atoms with Gasteiger partial charge < -0.3 is 10.5 Å². The third-order valence-electron chi connectivity index (χ3n) is 4.54. The SMILES string of the molecule is CC(C)Cc1cccc(C(N)C(C)(C)N2CCOCC2)c1. The monoisotopic (exact) mass is 290 g/mol. The zero-order valence-corrected chi connectivity index (χ0v) is 13.9. The van der Waals surface area contributed by atoms with Crippen molar-refractivity contribution < 1.29 is 4.74 Å². The molecule has 2 rings (SSSR count). The van der Waals surface area contributed by atoms with E-state index in [4.69, 9.17) is 10.5 Å². The van der Waals surface area contributed by atoms with Crippen molar-refractivity contribution in [2.24, 2.45) is 11.7 Å². The minimum absolute atomic E-state index is 0.0164. The predicted octanol–water partition coefficient (Wildman–Crippen LogP) is 3.00. The van der Waals surface area contributed by atoms with Crippen LogP contribution >= 0.6 is 0 Å². The van der Waals surface area contributed by atoms with E-state index >= 15 is 0 Å². The van der Waals surface area contributed by atoms with Crippen molar-refractivity contribution in [1.82, 2.24) is 4.90 Å². The number of hydrogen-bond donors (Lipinski definition) is 1. The molecule has 1 saturated heterocycles. The Kier molecular flexibility index (Phi) is 5.42. The van der Waals surface area contributed by atoms with E-state index in [2.05, 4.69) is 56.9 Å². The van der Waals surface area contributed by atoms with Crippen molar-refractivity contribution in [2.75, 3.05) is 26.3 Å². The third-order valence-corrected chi connectivity index (χ3v) is 4.54. The highest BCUT2D eigenvalue weighted by Gasteiger charge is 2.34. The van der Waals surface area contributed by atoms with Gasteiger partial charge in [-0.3, -0.25) is 4.90 Å². The van der Waals surface area contributed by atoms with Gasteiger partial charge in [0, 0.05) is 24.7 Å². The van der Waals surface area contributed by atoms with Crippen LogP contribution in [0, 0.1) is 5.92 Å². The van der Waals surface area contributed by atoms with E-state index < -0.39 is 0 Å². The molecule has 1 atom stereocenters. The average Bonchev–Trinajstić information content (AvgIpc) is 2.47. The van der Waals surface area contributed by atoms with Crippen LogP contribution in [0.4, 0.5) is 0 Å². The molecule has 0 radical (unpaired) electrons. The molecule has 118 valence electrons. The van der Waals surface area contributed by atoms with E-state index in [-0.39, 0.29) is 11.6 Å². The molecule has 21 heavy (non-hydrogen) atoms. The van der Waals surface area contributed by atoms with E-state index in [0.717, 1.165) is 32.7 Å². The summed E-state index contributed by atoms with van der Waals surface area (Å²) in [4.78, 5) is 2.45. The Morgan fingerprint density at radius 2 is 1.90 bits per heavy atom. The molecular weight excluding hydrogens is 260 g/mol. The molecule has 0 aliphatic carbocycles. The first-order valence-corrected chi connectivity index (χ1v) is 8.08. The summed E-state index contributed by atoms with van der Waals surface area (Å²) in [6.07, 6.45) is 1.11. The molecule has 1 aliphatic rings. The fourth-order valence-electron chi connectivity index (χ4n) is 3.13. The fourth-order valence-corrected chi connectivity index (χ4v) is 3.13. The molecule has 0 bridgehead atoms. The third kappa shape index (κ3) is 4.06. The Morgan fingerprint density at radius 1 is 1.24 bits per heavy atom. The minimum Gasteiger partial charge on any atom is -0.379 e. The quantitative estimate of drug-likeness (QED) is 0.906. The molecule has 1 unspecified atom stereocenters. The maximum atomic E-state index is 6.62. The summed E-state index contributed by atoms with van der Waals surface area (Å²) in [6.45, 7) is 12.6. The molecule has 1 aliphatic heterocycles. The van der Waals surface area contributed by atoms with Gasteiger partial charge in [-0.15, -0.1) is 0 Å². The second kappa shape index (κ2) is 6.91. The summed E-state index contributed by atoms with van der Waals surface area (Å²) in [5, 5.41) is 0. The van der Waals surface area contributed by atoms with Crippen LogP contribution in [0.1, 0.15) is 44.9 Å². The molecule has 0 amide bonds. The average molecular weight is 290 g/mol. The Morgan fingerprint density at radius 3 is 2.52 bits per heavy atom. The van der Waals surface area contributed by atoms with Crippen LogP contribution in [-0.2, 0) is 11.2 Å². The summed E-state index contributed by atoms with van der Waals surface area (Å²) in [6, 6.07) is 8.81. The number of hydrogen-bond acceptors (Lipinski definition) is 3. The van der Waals surface area contributed by atoms with Crippen LogP contribution in [0.3, 0.4) is 0 Å². The second-order valence-electron chi connectivity index (χ2n) is 7.07. The van der Waals surface area contributed by atoms with Gasteiger partial charge in [-0.2, -0.15) is 0 Å². The Bertz CT molecular complexity index is 450. The highest BCUT2D eigenvalue weighted by molar-refractivity contribution is 5.28. The van der Waals surface area contributed by atoms with Gasteiger partial charge >= 0.3 is 0 Å². The van der Waals surface area contributed by atoms with Gasteiger partial charge in [0.1, 0.15) is 0 Å². The normalized spacial score (nSPS) is 19.0. The number of benzene rings is 1. The van der Waals surface area contributed by atoms with Crippen LogP contribution in [0.15, 0.2) is 24.3 Å². The number of nitrogens with zero attached hydrogens (tertiary/aromatic N) is 1. The van der Waals surface area contributed by atoms with Crippen molar-refractivity contribution in [3.63, 3.8) is 0 Å². The maximum absolute atomic E-state index is 6.62. The molecule has 0 spiro atoms. The van der Waals surface area contributed by atoms with Crippen molar-refractivity contribution in [3.8, 4) is 0 Å². The molecule has 1 fully saturated rings. The molecule has 1 heterocycles. The lowest BCUT2D eigenvalue weighted by atomic mass is 9.86. The van der Waals surface area contributed by atoms with Gasteiger partial charge in [-0.05, 0) is 37.3 Å². The second-order valence-corrected chi connectivity index (χ2v) is 7.07. The van der Waals surface area contributed by atoms with Gasteiger partial charge in [0.25, 0.3) is 0 Å². The number of nitrogens with two attached hydrogens (primary N) is 1. The first kappa shape index (κ1) is 16.5. The predicted molar refractivity (Wildman–Crippen MR) is 88.4 cm³/mol. The summed E-state index contributed by atoms with van der Waals surface area (Å²) < 4.78 is 5.46. The van der Waals surface area contributed by atoms with Crippen molar-refractivity contribution in [1.29, 1.82) is 0 Å². The topological polar surface area (TPSA) is 38.5 Å². The number of morpholine rings is 1. The van der Waals surface area contributed by atoms with Crippen LogP contribution < -0.4 is 5.73 Å². The lowest BCUT2D eigenvalue weighted by Crippen LogP contribution is -2.55. The molecule has 3 nitrogen and oxygen atoms in total. The van der Waals surface area contributed by atoms with Crippen LogP contribution in [0.25, 0.3) is 0 Å². The summed E-state index contributed by atoms with van der Waals surface area (Å²) in [5.41, 5.74) is 9.19. The van der Waals surface area contributed by atoms with Gasteiger partial charge in [0.05, 0.1) is 13.2 Å². The fraction of sp³-hybridized carbons (Fsp3) is 0.667. The van der Waals surface area contributed by atoms with E-state index in [0.29, 0.717) is 5.92 Å². The number of ether oxygens (including phenoxy) is 1. The summed E-state index contributed by atoms with van der Waals surface area (Å²) >= 11 is 0. The summed E-state index contributed by atoms with van der Waals surface area (Å²) in [5.74, 6) is 0.670. The van der Waals surface area contributed by atoms with Gasteiger partial charge in [-0.25, -0.2) is 0 Å². The zero-order valence-electron chi connectivity index (χ0n) is 13.9. The first-order valence-electron chi connectivity index (χ1n) is 8.08.